The lowest BCUT2D eigenvalue weighted by molar-refractivity contribution is 0.386. The Morgan fingerprint density at radius 2 is 2.00 bits per heavy atom. The predicted molar refractivity (Wildman–Crippen MR) is 46.9 cm³/mol. The molecule has 0 aromatic heterocycles. The van der Waals surface area contributed by atoms with Crippen LogP contribution < -0.4 is 0 Å². The van der Waals surface area contributed by atoms with E-state index in [-0.39, 0.29) is 6.04 Å². The van der Waals surface area contributed by atoms with E-state index in [2.05, 4.69) is 6.58 Å². The second-order valence-corrected chi connectivity index (χ2v) is 4.65. The highest BCUT2D eigenvalue weighted by Gasteiger charge is 2.17. The standard InChI is InChI=1S/C7H15NO2S/c1-5-6-8(7(2)3)11(4,9)10/h5,7H,1,6H2,2-4H3. The highest BCUT2D eigenvalue weighted by molar-refractivity contribution is 7.88. The van der Waals surface area contributed by atoms with Gasteiger partial charge in [-0.1, -0.05) is 6.08 Å². The van der Waals surface area contributed by atoms with Gasteiger partial charge in [0.15, 0.2) is 0 Å². The van der Waals surface area contributed by atoms with Crippen molar-refractivity contribution in [2.45, 2.75) is 19.9 Å². The summed E-state index contributed by atoms with van der Waals surface area (Å²) in [7, 11) is -3.06. The fourth-order valence-electron chi connectivity index (χ4n) is 0.856. The van der Waals surface area contributed by atoms with Crippen LogP contribution in [0.2, 0.25) is 0 Å². The lowest BCUT2D eigenvalue weighted by atomic mass is 10.4. The van der Waals surface area contributed by atoms with Crippen LogP contribution in [0.3, 0.4) is 0 Å². The van der Waals surface area contributed by atoms with Crippen molar-refractivity contribution in [3.05, 3.63) is 12.7 Å². The minimum atomic E-state index is -3.06. The average molecular weight is 177 g/mol. The summed E-state index contributed by atoms with van der Waals surface area (Å²) in [6.45, 7) is 7.55. The fourth-order valence-corrected chi connectivity index (χ4v) is 2.00. The second-order valence-electron chi connectivity index (χ2n) is 2.72. The van der Waals surface area contributed by atoms with Gasteiger partial charge >= 0.3 is 0 Å². The molecule has 11 heavy (non-hydrogen) atoms. The van der Waals surface area contributed by atoms with Gasteiger partial charge in [0.2, 0.25) is 10.0 Å². The molecule has 0 aliphatic carbocycles. The maximum absolute atomic E-state index is 11.0. The molecule has 0 saturated heterocycles. The van der Waals surface area contributed by atoms with E-state index >= 15 is 0 Å². The zero-order valence-electron chi connectivity index (χ0n) is 7.24. The first-order chi connectivity index (χ1) is 4.89. The van der Waals surface area contributed by atoms with Gasteiger partial charge in [0.05, 0.1) is 6.26 Å². The van der Waals surface area contributed by atoms with E-state index in [1.54, 1.807) is 6.08 Å². The van der Waals surface area contributed by atoms with E-state index in [0.717, 1.165) is 0 Å². The van der Waals surface area contributed by atoms with Crippen LogP contribution in [-0.4, -0.2) is 31.6 Å². The van der Waals surface area contributed by atoms with E-state index < -0.39 is 10.0 Å². The van der Waals surface area contributed by atoms with Gasteiger partial charge in [-0.25, -0.2) is 8.42 Å². The molecule has 0 aliphatic rings. The Labute approximate surface area is 68.8 Å². The molecular weight excluding hydrogens is 162 g/mol. The number of rotatable bonds is 4. The van der Waals surface area contributed by atoms with Crippen LogP contribution in [0.1, 0.15) is 13.8 Å². The van der Waals surface area contributed by atoms with Gasteiger partial charge in [0.1, 0.15) is 0 Å². The quantitative estimate of drug-likeness (QED) is 0.597. The molecule has 0 heterocycles. The number of hydrogen-bond donors (Lipinski definition) is 0. The van der Waals surface area contributed by atoms with Crippen molar-refractivity contribution in [1.82, 2.24) is 4.31 Å². The van der Waals surface area contributed by atoms with Crippen LogP contribution in [0.5, 0.6) is 0 Å². The first kappa shape index (κ1) is 10.7. The Kier molecular flexibility index (Phi) is 3.75. The van der Waals surface area contributed by atoms with Gasteiger partial charge in [-0.2, -0.15) is 4.31 Å². The van der Waals surface area contributed by atoms with E-state index in [1.165, 1.54) is 10.6 Å². The van der Waals surface area contributed by atoms with Crippen molar-refractivity contribution in [1.29, 1.82) is 0 Å². The highest BCUT2D eigenvalue weighted by atomic mass is 32.2. The zero-order valence-corrected chi connectivity index (χ0v) is 8.06. The largest absolute Gasteiger partial charge is 0.212 e. The average Bonchev–Trinajstić information content (AvgIpc) is 1.79. The lowest BCUT2D eigenvalue weighted by Gasteiger charge is -2.21. The van der Waals surface area contributed by atoms with Crippen molar-refractivity contribution < 1.29 is 8.42 Å². The molecule has 0 unspecified atom stereocenters. The summed E-state index contributed by atoms with van der Waals surface area (Å²) in [4.78, 5) is 0. The summed E-state index contributed by atoms with van der Waals surface area (Å²) in [6.07, 6.45) is 2.79. The van der Waals surface area contributed by atoms with Crippen LogP contribution in [-0.2, 0) is 10.0 Å². The summed E-state index contributed by atoms with van der Waals surface area (Å²) >= 11 is 0. The molecule has 0 radical (unpaired) electrons. The molecular formula is C7H15NO2S. The van der Waals surface area contributed by atoms with Crippen LogP contribution >= 0.6 is 0 Å². The van der Waals surface area contributed by atoms with E-state index in [4.69, 9.17) is 0 Å². The Hall–Kier alpha value is -0.350. The molecule has 4 heteroatoms. The molecule has 0 N–H and O–H groups in total. The number of nitrogens with zero attached hydrogens (tertiary/aromatic N) is 1. The van der Waals surface area contributed by atoms with Crippen LogP contribution in [0.25, 0.3) is 0 Å². The minimum absolute atomic E-state index is 0.00278. The summed E-state index contributed by atoms with van der Waals surface area (Å²) < 4.78 is 23.5. The first-order valence-corrected chi connectivity index (χ1v) is 5.32. The SMILES string of the molecule is C=CCN(C(C)C)S(C)(=O)=O. The molecule has 0 amide bonds. The van der Waals surface area contributed by atoms with Gasteiger partial charge in [0, 0.05) is 12.6 Å². The van der Waals surface area contributed by atoms with Crippen molar-refractivity contribution in [3.63, 3.8) is 0 Å². The smallest absolute Gasteiger partial charge is 0.211 e. The summed E-state index contributed by atoms with van der Waals surface area (Å²) in [5.74, 6) is 0. The molecule has 0 bridgehead atoms. The van der Waals surface area contributed by atoms with Crippen LogP contribution in [0, 0.1) is 0 Å². The number of sulfonamides is 1. The molecule has 0 aromatic rings. The summed E-state index contributed by atoms with van der Waals surface area (Å²) in [5, 5.41) is 0. The van der Waals surface area contributed by atoms with Crippen LogP contribution in [0.4, 0.5) is 0 Å². The second kappa shape index (κ2) is 3.88. The van der Waals surface area contributed by atoms with Gasteiger partial charge in [-0.05, 0) is 13.8 Å². The maximum atomic E-state index is 11.0. The fraction of sp³-hybridized carbons (Fsp3) is 0.714. The molecule has 0 atom stereocenters. The Balaban J connectivity index is 4.48. The van der Waals surface area contributed by atoms with Gasteiger partial charge in [-0.15, -0.1) is 6.58 Å². The third kappa shape index (κ3) is 3.53. The van der Waals surface area contributed by atoms with Gasteiger partial charge in [0.25, 0.3) is 0 Å². The normalized spacial score (nSPS) is 12.5. The molecule has 0 spiro atoms. The van der Waals surface area contributed by atoms with E-state index in [9.17, 15) is 8.42 Å². The monoisotopic (exact) mass is 177 g/mol. The van der Waals surface area contributed by atoms with E-state index in [1.807, 2.05) is 13.8 Å². The molecule has 3 nitrogen and oxygen atoms in total. The summed E-state index contributed by atoms with van der Waals surface area (Å²) in [5.41, 5.74) is 0. The highest BCUT2D eigenvalue weighted by Crippen LogP contribution is 2.03. The molecule has 0 rings (SSSR count). The molecule has 66 valence electrons. The van der Waals surface area contributed by atoms with Crippen molar-refractivity contribution in [2.75, 3.05) is 12.8 Å². The first-order valence-electron chi connectivity index (χ1n) is 3.47. The van der Waals surface area contributed by atoms with Gasteiger partial charge in [-0.3, -0.25) is 0 Å². The Bertz CT molecular complexity index is 219. The third-order valence-electron chi connectivity index (χ3n) is 1.31. The molecule has 0 fully saturated rings. The van der Waals surface area contributed by atoms with Crippen molar-refractivity contribution in [3.8, 4) is 0 Å². The van der Waals surface area contributed by atoms with E-state index in [0.29, 0.717) is 6.54 Å². The van der Waals surface area contributed by atoms with Crippen LogP contribution in [0.15, 0.2) is 12.7 Å². The lowest BCUT2D eigenvalue weighted by Crippen LogP contribution is -2.36. The number of hydrogen-bond acceptors (Lipinski definition) is 2. The molecule has 0 aliphatic heterocycles. The molecule has 0 saturated carbocycles. The summed E-state index contributed by atoms with van der Waals surface area (Å²) in [6, 6.07) is 0.00278. The third-order valence-corrected chi connectivity index (χ3v) is 2.73. The van der Waals surface area contributed by atoms with Gasteiger partial charge < -0.3 is 0 Å². The minimum Gasteiger partial charge on any atom is -0.212 e. The zero-order chi connectivity index (χ0) is 9.07. The van der Waals surface area contributed by atoms with Crippen molar-refractivity contribution >= 4 is 10.0 Å². The Morgan fingerprint density at radius 1 is 1.55 bits per heavy atom. The molecule has 0 aromatic carbocycles. The Morgan fingerprint density at radius 3 is 2.09 bits per heavy atom. The van der Waals surface area contributed by atoms with Crippen molar-refractivity contribution in [2.24, 2.45) is 0 Å². The predicted octanol–water partition coefficient (Wildman–Crippen LogP) is 0.842. The maximum Gasteiger partial charge on any atom is 0.211 e. The topological polar surface area (TPSA) is 37.4 Å².